The van der Waals surface area contributed by atoms with Crippen LogP contribution in [0.25, 0.3) is 0 Å². The fraction of sp³-hybridized carbons (Fsp3) is 0.263. The van der Waals surface area contributed by atoms with Crippen molar-refractivity contribution in [3.8, 4) is 5.75 Å². The molecule has 0 fully saturated rings. The van der Waals surface area contributed by atoms with Gasteiger partial charge in [0.15, 0.2) is 0 Å². The Balaban J connectivity index is 1.50. The lowest BCUT2D eigenvalue weighted by Gasteiger charge is -2.17. The van der Waals surface area contributed by atoms with Crippen LogP contribution >= 0.6 is 11.8 Å². The van der Waals surface area contributed by atoms with Crippen LogP contribution in [0.1, 0.15) is 22.3 Å². The van der Waals surface area contributed by atoms with Gasteiger partial charge in [0.1, 0.15) is 19.0 Å². The van der Waals surface area contributed by atoms with E-state index in [4.69, 9.17) is 9.47 Å². The second-order valence-corrected chi connectivity index (χ2v) is 6.40. The van der Waals surface area contributed by atoms with Gasteiger partial charge >= 0.3 is 5.97 Å². The lowest BCUT2D eigenvalue weighted by molar-refractivity contribution is -0.116. The number of benzene rings is 2. The van der Waals surface area contributed by atoms with E-state index in [2.05, 4.69) is 5.32 Å². The van der Waals surface area contributed by atoms with E-state index < -0.39 is 0 Å². The Morgan fingerprint density at radius 3 is 2.84 bits per heavy atom. The van der Waals surface area contributed by atoms with E-state index in [1.807, 2.05) is 36.6 Å². The molecule has 2 aromatic rings. The van der Waals surface area contributed by atoms with Crippen molar-refractivity contribution in [1.29, 1.82) is 0 Å². The van der Waals surface area contributed by atoms with E-state index in [1.54, 1.807) is 12.1 Å². The molecule has 1 heterocycles. The van der Waals surface area contributed by atoms with Gasteiger partial charge < -0.3 is 14.8 Å². The van der Waals surface area contributed by atoms with Crippen LogP contribution in [0.5, 0.6) is 5.75 Å². The molecule has 130 valence electrons. The van der Waals surface area contributed by atoms with Crippen LogP contribution in [-0.4, -0.2) is 31.3 Å². The minimum atomic E-state index is -0.346. The van der Waals surface area contributed by atoms with Gasteiger partial charge in [0.2, 0.25) is 5.91 Å². The van der Waals surface area contributed by atoms with Crippen LogP contribution in [0.3, 0.4) is 0 Å². The summed E-state index contributed by atoms with van der Waals surface area (Å²) in [5, 5.41) is 2.83. The first kappa shape index (κ1) is 17.4. The van der Waals surface area contributed by atoms with Gasteiger partial charge in [-0.1, -0.05) is 12.1 Å². The third-order valence-corrected chi connectivity index (χ3v) is 4.68. The van der Waals surface area contributed by atoms with Gasteiger partial charge in [-0.15, -0.1) is 11.8 Å². The molecular weight excluding hydrogens is 338 g/mol. The molecule has 6 heteroatoms. The molecule has 0 saturated heterocycles. The Hall–Kier alpha value is -2.47. The van der Waals surface area contributed by atoms with Gasteiger partial charge in [0.25, 0.3) is 0 Å². The first-order valence-electron chi connectivity index (χ1n) is 8.03. The highest BCUT2D eigenvalue weighted by Crippen LogP contribution is 2.26. The zero-order valence-corrected chi connectivity index (χ0v) is 14.7. The summed E-state index contributed by atoms with van der Waals surface area (Å²) in [6.07, 6.45) is 3.12. The summed E-state index contributed by atoms with van der Waals surface area (Å²) in [6, 6.07) is 12.9. The number of thioether (sulfide) groups is 1. The first-order valence-corrected chi connectivity index (χ1v) is 9.25. The second-order valence-electron chi connectivity index (χ2n) is 5.55. The summed E-state index contributed by atoms with van der Waals surface area (Å²) in [6.45, 7) is 0.452. The van der Waals surface area contributed by atoms with E-state index in [0.717, 1.165) is 16.1 Å². The summed E-state index contributed by atoms with van der Waals surface area (Å²) >= 11 is 1.51. The minimum Gasteiger partial charge on any atom is -0.490 e. The maximum absolute atomic E-state index is 12.1. The number of ether oxygens (including phenoxy) is 2. The van der Waals surface area contributed by atoms with Crippen molar-refractivity contribution >= 4 is 29.3 Å². The lowest BCUT2D eigenvalue weighted by atomic mass is 10.0. The normalized spacial score (nSPS) is 12.9. The molecule has 0 aromatic heterocycles. The van der Waals surface area contributed by atoms with Crippen molar-refractivity contribution in [2.75, 3.05) is 24.8 Å². The summed E-state index contributed by atoms with van der Waals surface area (Å²) in [5.41, 5.74) is 2.46. The van der Waals surface area contributed by atoms with Gasteiger partial charge in [-0.2, -0.15) is 0 Å². The van der Waals surface area contributed by atoms with Gasteiger partial charge in [0.05, 0.1) is 5.56 Å². The van der Waals surface area contributed by atoms with Crippen molar-refractivity contribution in [3.63, 3.8) is 0 Å². The van der Waals surface area contributed by atoms with Crippen LogP contribution < -0.4 is 10.1 Å². The van der Waals surface area contributed by atoms with Gasteiger partial charge in [-0.3, -0.25) is 4.79 Å². The fourth-order valence-electron chi connectivity index (χ4n) is 2.63. The highest BCUT2D eigenvalue weighted by atomic mass is 32.2. The molecular formula is C19H19NO4S. The largest absolute Gasteiger partial charge is 0.490 e. The molecule has 0 radical (unpaired) electrons. The van der Waals surface area contributed by atoms with Crippen molar-refractivity contribution in [1.82, 2.24) is 0 Å². The van der Waals surface area contributed by atoms with Crippen molar-refractivity contribution < 1.29 is 19.1 Å². The SMILES string of the molecule is CSc1ccccc1C(=O)OCCOc1ccc2c(c1)CCC(=O)N2. The number of carbonyl (C=O) groups excluding carboxylic acids is 2. The Morgan fingerprint density at radius 1 is 1.16 bits per heavy atom. The quantitative estimate of drug-likeness (QED) is 0.487. The molecule has 1 amide bonds. The number of hydrogen-bond donors (Lipinski definition) is 1. The van der Waals surface area contributed by atoms with E-state index in [1.165, 1.54) is 11.8 Å². The number of amides is 1. The number of fused-ring (bicyclic) bond motifs is 1. The molecule has 0 bridgehead atoms. The molecule has 3 rings (SSSR count). The monoisotopic (exact) mass is 357 g/mol. The van der Waals surface area contributed by atoms with Gasteiger partial charge in [0, 0.05) is 17.0 Å². The number of anilines is 1. The van der Waals surface area contributed by atoms with Crippen LogP contribution in [0, 0.1) is 0 Å². The molecule has 0 aliphatic carbocycles. The summed E-state index contributed by atoms with van der Waals surface area (Å²) < 4.78 is 10.9. The van der Waals surface area contributed by atoms with E-state index in [-0.39, 0.29) is 25.1 Å². The predicted octanol–water partition coefficient (Wildman–Crippen LogP) is 3.53. The Kier molecular flexibility index (Phi) is 5.60. The highest BCUT2D eigenvalue weighted by molar-refractivity contribution is 7.98. The van der Waals surface area contributed by atoms with Crippen LogP contribution in [0.15, 0.2) is 47.4 Å². The Bertz CT molecular complexity index is 791. The first-order chi connectivity index (χ1) is 12.2. The molecule has 0 atom stereocenters. The summed E-state index contributed by atoms with van der Waals surface area (Å²) in [4.78, 5) is 24.4. The molecule has 0 spiro atoms. The van der Waals surface area contributed by atoms with Crippen LogP contribution in [0.4, 0.5) is 5.69 Å². The molecule has 5 nitrogen and oxygen atoms in total. The number of esters is 1. The topological polar surface area (TPSA) is 64.6 Å². The van der Waals surface area contributed by atoms with E-state index in [0.29, 0.717) is 24.2 Å². The van der Waals surface area contributed by atoms with Crippen LogP contribution in [0.2, 0.25) is 0 Å². The smallest absolute Gasteiger partial charge is 0.339 e. The predicted molar refractivity (Wildman–Crippen MR) is 97.4 cm³/mol. The maximum Gasteiger partial charge on any atom is 0.339 e. The Labute approximate surface area is 150 Å². The maximum atomic E-state index is 12.1. The van der Waals surface area contributed by atoms with Crippen molar-refractivity contribution in [2.45, 2.75) is 17.7 Å². The molecule has 0 saturated carbocycles. The molecule has 0 unspecified atom stereocenters. The second kappa shape index (κ2) is 8.07. The third kappa shape index (κ3) is 4.33. The number of hydrogen-bond acceptors (Lipinski definition) is 5. The van der Waals surface area contributed by atoms with Crippen LogP contribution in [-0.2, 0) is 16.0 Å². The molecule has 1 N–H and O–H groups in total. The standard InChI is InChI=1S/C19H19NO4S/c1-25-17-5-3-2-4-15(17)19(22)24-11-10-23-14-7-8-16-13(12-14)6-9-18(21)20-16/h2-5,7-8,12H,6,9-11H2,1H3,(H,20,21). The fourth-order valence-corrected chi connectivity index (χ4v) is 3.22. The summed E-state index contributed by atoms with van der Waals surface area (Å²) in [5.74, 6) is 0.399. The van der Waals surface area contributed by atoms with Gasteiger partial charge in [-0.05, 0) is 48.6 Å². The highest BCUT2D eigenvalue weighted by Gasteiger charge is 2.15. The zero-order chi connectivity index (χ0) is 17.6. The molecule has 1 aliphatic rings. The van der Waals surface area contributed by atoms with E-state index in [9.17, 15) is 9.59 Å². The molecule has 2 aromatic carbocycles. The number of aryl methyl sites for hydroxylation is 1. The van der Waals surface area contributed by atoms with Crippen molar-refractivity contribution in [3.05, 3.63) is 53.6 Å². The third-order valence-electron chi connectivity index (χ3n) is 3.88. The minimum absolute atomic E-state index is 0.0404. The number of rotatable bonds is 6. The zero-order valence-electron chi connectivity index (χ0n) is 13.9. The average Bonchev–Trinajstić information content (AvgIpc) is 2.65. The van der Waals surface area contributed by atoms with E-state index >= 15 is 0 Å². The Morgan fingerprint density at radius 2 is 2.00 bits per heavy atom. The summed E-state index contributed by atoms with van der Waals surface area (Å²) in [7, 11) is 0. The average molecular weight is 357 g/mol. The van der Waals surface area contributed by atoms with Crippen molar-refractivity contribution in [2.24, 2.45) is 0 Å². The lowest BCUT2D eigenvalue weighted by Crippen LogP contribution is -2.19. The molecule has 1 aliphatic heterocycles. The number of nitrogens with one attached hydrogen (secondary N) is 1. The molecule has 25 heavy (non-hydrogen) atoms. The number of carbonyl (C=O) groups is 2. The van der Waals surface area contributed by atoms with Gasteiger partial charge in [-0.25, -0.2) is 4.79 Å².